The van der Waals surface area contributed by atoms with Gasteiger partial charge in [-0.25, -0.2) is 0 Å². The van der Waals surface area contributed by atoms with Crippen molar-refractivity contribution in [2.45, 2.75) is 12.8 Å². The molecular formula is C27H26N2O3. The predicted molar refractivity (Wildman–Crippen MR) is 128 cm³/mol. The molecule has 0 spiro atoms. The molecule has 162 valence electrons. The summed E-state index contributed by atoms with van der Waals surface area (Å²) in [4.78, 5) is 28.2. The van der Waals surface area contributed by atoms with Crippen LogP contribution in [0.2, 0.25) is 0 Å². The van der Waals surface area contributed by atoms with Gasteiger partial charge < -0.3 is 15.0 Å². The Kier molecular flexibility index (Phi) is 6.66. The Labute approximate surface area is 188 Å². The van der Waals surface area contributed by atoms with Gasteiger partial charge in [-0.05, 0) is 54.3 Å². The molecule has 1 fully saturated rings. The van der Waals surface area contributed by atoms with Crippen molar-refractivity contribution < 1.29 is 14.3 Å². The molecule has 5 nitrogen and oxygen atoms in total. The van der Waals surface area contributed by atoms with Gasteiger partial charge in [0, 0.05) is 18.7 Å². The number of hydrogen-bond donors (Lipinski definition) is 1. The second-order valence-electron chi connectivity index (χ2n) is 7.70. The predicted octanol–water partition coefficient (Wildman–Crippen LogP) is 5.11. The van der Waals surface area contributed by atoms with Crippen molar-refractivity contribution in [1.82, 2.24) is 4.90 Å². The molecule has 5 heteroatoms. The Balaban J connectivity index is 1.65. The molecule has 1 heterocycles. The molecule has 3 aromatic carbocycles. The zero-order valence-corrected chi connectivity index (χ0v) is 18.1. The quantitative estimate of drug-likeness (QED) is 0.440. The lowest BCUT2D eigenvalue weighted by Gasteiger charge is -2.18. The first-order chi connectivity index (χ1) is 15.7. The monoisotopic (exact) mass is 426 g/mol. The third kappa shape index (κ3) is 4.89. The van der Waals surface area contributed by atoms with E-state index >= 15 is 0 Å². The molecule has 1 aliphatic heterocycles. The van der Waals surface area contributed by atoms with Crippen LogP contribution < -0.4 is 10.1 Å². The number of likely N-dealkylation sites (tertiary alicyclic amines) is 1. The molecule has 0 atom stereocenters. The van der Waals surface area contributed by atoms with Gasteiger partial charge >= 0.3 is 0 Å². The van der Waals surface area contributed by atoms with Crippen LogP contribution in [-0.4, -0.2) is 36.9 Å². The highest BCUT2D eigenvalue weighted by Crippen LogP contribution is 2.25. The lowest BCUT2D eigenvalue weighted by atomic mass is 10.0. The van der Waals surface area contributed by atoms with Gasteiger partial charge in [-0.15, -0.1) is 0 Å². The summed E-state index contributed by atoms with van der Waals surface area (Å²) in [5.41, 5.74) is 3.22. The topological polar surface area (TPSA) is 58.6 Å². The van der Waals surface area contributed by atoms with E-state index in [1.807, 2.05) is 77.7 Å². The molecule has 0 unspecified atom stereocenters. The van der Waals surface area contributed by atoms with Crippen LogP contribution in [0.15, 0.2) is 78.9 Å². The molecule has 0 saturated carbocycles. The summed E-state index contributed by atoms with van der Waals surface area (Å²) in [7, 11) is 1.62. The summed E-state index contributed by atoms with van der Waals surface area (Å²) >= 11 is 0. The van der Waals surface area contributed by atoms with Crippen LogP contribution in [0.3, 0.4) is 0 Å². The van der Waals surface area contributed by atoms with Crippen LogP contribution in [0.1, 0.15) is 34.3 Å². The molecular weight excluding hydrogens is 400 g/mol. The maximum Gasteiger partial charge on any atom is 0.256 e. The smallest absolute Gasteiger partial charge is 0.256 e. The number of hydrogen-bond acceptors (Lipinski definition) is 3. The van der Waals surface area contributed by atoms with E-state index in [-0.39, 0.29) is 11.8 Å². The number of carbonyl (C=O) groups is 2. The minimum Gasteiger partial charge on any atom is -0.497 e. The first-order valence-electron chi connectivity index (χ1n) is 10.8. The summed E-state index contributed by atoms with van der Waals surface area (Å²) in [5, 5.41) is 2.98. The fourth-order valence-corrected chi connectivity index (χ4v) is 3.82. The molecule has 0 aromatic heterocycles. The zero-order valence-electron chi connectivity index (χ0n) is 18.1. The maximum atomic E-state index is 13.4. The lowest BCUT2D eigenvalue weighted by molar-refractivity contribution is -0.111. The summed E-state index contributed by atoms with van der Waals surface area (Å²) < 4.78 is 5.23. The van der Waals surface area contributed by atoms with Crippen LogP contribution >= 0.6 is 0 Å². The Morgan fingerprint density at radius 2 is 1.53 bits per heavy atom. The molecule has 2 amide bonds. The third-order valence-electron chi connectivity index (χ3n) is 5.56. The van der Waals surface area contributed by atoms with E-state index < -0.39 is 0 Å². The average Bonchev–Trinajstić information content (AvgIpc) is 3.38. The number of para-hydroxylation sites is 1. The Bertz CT molecular complexity index is 1120. The highest BCUT2D eigenvalue weighted by atomic mass is 16.5. The van der Waals surface area contributed by atoms with Crippen molar-refractivity contribution in [3.63, 3.8) is 0 Å². The SMILES string of the molecule is COc1ccc(C=C(C(=O)Nc2ccccc2C(=O)N2CCCC2)c2ccccc2)cc1. The zero-order chi connectivity index (χ0) is 22.3. The van der Waals surface area contributed by atoms with Crippen LogP contribution in [-0.2, 0) is 4.79 Å². The highest BCUT2D eigenvalue weighted by Gasteiger charge is 2.23. The third-order valence-corrected chi connectivity index (χ3v) is 5.56. The Morgan fingerprint density at radius 3 is 2.22 bits per heavy atom. The fraction of sp³-hybridized carbons (Fsp3) is 0.185. The van der Waals surface area contributed by atoms with Crippen molar-refractivity contribution in [3.05, 3.63) is 95.6 Å². The van der Waals surface area contributed by atoms with Gasteiger partial charge in [-0.3, -0.25) is 9.59 Å². The van der Waals surface area contributed by atoms with Gasteiger partial charge in [0.25, 0.3) is 11.8 Å². The van der Waals surface area contributed by atoms with Crippen molar-refractivity contribution >= 4 is 29.2 Å². The number of anilines is 1. The number of nitrogens with zero attached hydrogens (tertiary/aromatic N) is 1. The van der Waals surface area contributed by atoms with E-state index in [1.54, 1.807) is 19.2 Å². The van der Waals surface area contributed by atoms with Crippen molar-refractivity contribution in [2.24, 2.45) is 0 Å². The van der Waals surface area contributed by atoms with Crippen LogP contribution in [0, 0.1) is 0 Å². The van der Waals surface area contributed by atoms with Crippen molar-refractivity contribution in [1.29, 1.82) is 0 Å². The molecule has 0 radical (unpaired) electrons. The van der Waals surface area contributed by atoms with Gasteiger partial charge in [0.05, 0.1) is 18.4 Å². The summed E-state index contributed by atoms with van der Waals surface area (Å²) in [6.07, 6.45) is 3.88. The number of ether oxygens (including phenoxy) is 1. The first kappa shape index (κ1) is 21.4. The van der Waals surface area contributed by atoms with Crippen molar-refractivity contribution in [2.75, 3.05) is 25.5 Å². The summed E-state index contributed by atoms with van der Waals surface area (Å²) in [6.45, 7) is 1.52. The van der Waals surface area contributed by atoms with E-state index in [1.165, 1.54) is 0 Å². The Morgan fingerprint density at radius 1 is 0.875 bits per heavy atom. The van der Waals surface area contributed by atoms with Crippen molar-refractivity contribution in [3.8, 4) is 5.75 Å². The number of amides is 2. The molecule has 1 saturated heterocycles. The van der Waals surface area contributed by atoms with Gasteiger partial charge in [0.2, 0.25) is 0 Å². The number of carbonyl (C=O) groups excluding carboxylic acids is 2. The van der Waals surface area contributed by atoms with E-state index in [0.717, 1.165) is 42.8 Å². The van der Waals surface area contributed by atoms with Gasteiger partial charge in [0.1, 0.15) is 5.75 Å². The molecule has 32 heavy (non-hydrogen) atoms. The first-order valence-corrected chi connectivity index (χ1v) is 10.8. The number of methoxy groups -OCH3 is 1. The summed E-state index contributed by atoms with van der Waals surface area (Å²) in [5.74, 6) is 0.440. The average molecular weight is 427 g/mol. The molecule has 1 N–H and O–H groups in total. The normalized spacial score (nSPS) is 13.7. The minimum absolute atomic E-state index is 0.0428. The maximum absolute atomic E-state index is 13.4. The fourth-order valence-electron chi connectivity index (χ4n) is 3.82. The highest BCUT2D eigenvalue weighted by molar-refractivity contribution is 6.29. The largest absolute Gasteiger partial charge is 0.497 e. The van der Waals surface area contributed by atoms with Crippen LogP contribution in [0.25, 0.3) is 11.6 Å². The second-order valence-corrected chi connectivity index (χ2v) is 7.70. The standard InChI is InChI=1S/C27H26N2O3/c1-32-22-15-13-20(14-16-22)19-24(21-9-3-2-4-10-21)26(30)28-25-12-6-5-11-23(25)27(31)29-17-7-8-18-29/h2-6,9-16,19H,7-8,17-18H2,1H3,(H,28,30). The van der Waals surface area contributed by atoms with E-state index in [9.17, 15) is 9.59 Å². The molecule has 4 rings (SSSR count). The molecule has 0 aliphatic carbocycles. The summed E-state index contributed by atoms with van der Waals surface area (Å²) in [6, 6.07) is 24.2. The van der Waals surface area contributed by atoms with Crippen LogP contribution in [0.5, 0.6) is 5.75 Å². The van der Waals surface area contributed by atoms with E-state index in [2.05, 4.69) is 5.32 Å². The van der Waals surface area contributed by atoms with Gasteiger partial charge in [-0.1, -0.05) is 54.6 Å². The van der Waals surface area contributed by atoms with Gasteiger partial charge in [-0.2, -0.15) is 0 Å². The molecule has 3 aromatic rings. The Hall–Kier alpha value is -3.86. The minimum atomic E-state index is -0.270. The lowest BCUT2D eigenvalue weighted by Crippen LogP contribution is -2.28. The number of benzene rings is 3. The molecule has 1 aliphatic rings. The van der Waals surface area contributed by atoms with E-state index in [4.69, 9.17) is 4.74 Å². The number of nitrogens with one attached hydrogen (secondary N) is 1. The van der Waals surface area contributed by atoms with Crippen LogP contribution in [0.4, 0.5) is 5.69 Å². The van der Waals surface area contributed by atoms with Gasteiger partial charge in [0.15, 0.2) is 0 Å². The second kappa shape index (κ2) is 9.96. The number of rotatable bonds is 6. The molecule has 0 bridgehead atoms. The van der Waals surface area contributed by atoms with E-state index in [0.29, 0.717) is 16.8 Å².